The molecular weight excluding hydrogens is 292 g/mol. The summed E-state index contributed by atoms with van der Waals surface area (Å²) in [5.41, 5.74) is 0.685. The first-order valence-corrected chi connectivity index (χ1v) is 8.39. The van der Waals surface area contributed by atoms with Crippen LogP contribution in [0.3, 0.4) is 0 Å². The van der Waals surface area contributed by atoms with Gasteiger partial charge >= 0.3 is 0 Å². The highest BCUT2D eigenvalue weighted by Crippen LogP contribution is 2.16. The summed E-state index contributed by atoms with van der Waals surface area (Å²) in [6.07, 6.45) is 1.19. The van der Waals surface area contributed by atoms with Gasteiger partial charge in [-0.15, -0.1) is 0 Å². The Morgan fingerprint density at radius 1 is 1.38 bits per heavy atom. The third-order valence-electron chi connectivity index (χ3n) is 2.89. The molecule has 0 fully saturated rings. The molecule has 0 heterocycles. The summed E-state index contributed by atoms with van der Waals surface area (Å²) in [6.45, 7) is 4.80. The largest absolute Gasteiger partial charge is 0.381 e. The van der Waals surface area contributed by atoms with E-state index in [1.54, 1.807) is 19.1 Å². The lowest BCUT2D eigenvalue weighted by Gasteiger charge is -2.15. The number of nitrogens with one attached hydrogen (secondary N) is 1. The molecule has 0 radical (unpaired) electrons. The lowest BCUT2D eigenvalue weighted by molar-refractivity contribution is -0.122. The van der Waals surface area contributed by atoms with Gasteiger partial charge in [0.25, 0.3) is 0 Å². The monoisotopic (exact) mass is 314 g/mol. The summed E-state index contributed by atoms with van der Waals surface area (Å²) in [7, 11) is -3.74. The minimum Gasteiger partial charge on any atom is -0.381 e. The van der Waals surface area contributed by atoms with Crippen LogP contribution in [0.25, 0.3) is 0 Å². The SMILES string of the molecule is CCCOCCC(=O)NC(C)c1cccc(S(N)(=O)=O)c1. The van der Waals surface area contributed by atoms with E-state index in [9.17, 15) is 13.2 Å². The number of benzene rings is 1. The van der Waals surface area contributed by atoms with Crippen molar-refractivity contribution >= 4 is 15.9 Å². The van der Waals surface area contributed by atoms with Gasteiger partial charge in [-0.1, -0.05) is 19.1 Å². The Morgan fingerprint density at radius 2 is 2.10 bits per heavy atom. The van der Waals surface area contributed by atoms with Crippen molar-refractivity contribution in [3.8, 4) is 0 Å². The fourth-order valence-corrected chi connectivity index (χ4v) is 2.34. The van der Waals surface area contributed by atoms with Gasteiger partial charge in [0.05, 0.1) is 17.5 Å². The Kier molecular flexibility index (Phi) is 6.80. The molecule has 1 amide bonds. The normalized spacial score (nSPS) is 12.9. The molecule has 0 aliphatic heterocycles. The number of hydrogen-bond acceptors (Lipinski definition) is 4. The Bertz CT molecular complexity index is 572. The quantitative estimate of drug-likeness (QED) is 0.707. The minimum absolute atomic E-state index is 0.0346. The van der Waals surface area contributed by atoms with Crippen molar-refractivity contribution in [1.82, 2.24) is 5.32 Å². The van der Waals surface area contributed by atoms with Crippen molar-refractivity contribution in [2.24, 2.45) is 5.14 Å². The van der Waals surface area contributed by atoms with Crippen LogP contribution in [0.4, 0.5) is 0 Å². The molecule has 3 N–H and O–H groups in total. The van der Waals surface area contributed by atoms with Crippen LogP contribution >= 0.6 is 0 Å². The fourth-order valence-electron chi connectivity index (χ4n) is 1.77. The van der Waals surface area contributed by atoms with Crippen LogP contribution in [0.15, 0.2) is 29.2 Å². The van der Waals surface area contributed by atoms with Gasteiger partial charge in [-0.2, -0.15) is 0 Å². The molecule has 0 saturated carbocycles. The molecule has 1 aromatic rings. The third-order valence-corrected chi connectivity index (χ3v) is 3.80. The molecule has 6 nitrogen and oxygen atoms in total. The predicted molar refractivity (Wildman–Crippen MR) is 80.1 cm³/mol. The van der Waals surface area contributed by atoms with Crippen molar-refractivity contribution in [2.45, 2.75) is 37.6 Å². The number of carbonyl (C=O) groups excluding carboxylic acids is 1. The Morgan fingerprint density at radius 3 is 2.71 bits per heavy atom. The van der Waals surface area contributed by atoms with Crippen LogP contribution in [-0.4, -0.2) is 27.5 Å². The predicted octanol–water partition coefficient (Wildman–Crippen LogP) is 1.33. The second kappa shape index (κ2) is 8.11. The standard InChI is InChI=1S/C14H22N2O4S/c1-3-8-20-9-7-14(17)16-11(2)12-5-4-6-13(10-12)21(15,18)19/h4-6,10-11H,3,7-9H2,1-2H3,(H,16,17)(H2,15,18,19). The number of sulfonamides is 1. The number of nitrogens with two attached hydrogens (primary N) is 1. The van der Waals surface area contributed by atoms with Crippen molar-refractivity contribution in [3.05, 3.63) is 29.8 Å². The van der Waals surface area contributed by atoms with E-state index in [0.29, 0.717) is 18.8 Å². The van der Waals surface area contributed by atoms with E-state index >= 15 is 0 Å². The summed E-state index contributed by atoms with van der Waals surface area (Å²) in [5.74, 6) is -0.139. The summed E-state index contributed by atoms with van der Waals surface area (Å²) in [5, 5.41) is 7.89. The third kappa shape index (κ3) is 6.24. The smallest absolute Gasteiger partial charge is 0.238 e. The molecular formula is C14H22N2O4S. The molecule has 1 rings (SSSR count). The zero-order valence-electron chi connectivity index (χ0n) is 12.3. The molecule has 1 atom stereocenters. The molecule has 0 aliphatic rings. The average molecular weight is 314 g/mol. The van der Waals surface area contributed by atoms with Crippen molar-refractivity contribution < 1.29 is 17.9 Å². The number of amides is 1. The first-order valence-electron chi connectivity index (χ1n) is 6.84. The maximum absolute atomic E-state index is 11.7. The fraction of sp³-hybridized carbons (Fsp3) is 0.500. The zero-order chi connectivity index (χ0) is 15.9. The van der Waals surface area contributed by atoms with E-state index in [-0.39, 0.29) is 23.3 Å². The maximum atomic E-state index is 11.7. The summed E-state index contributed by atoms with van der Waals surface area (Å²) >= 11 is 0. The molecule has 0 saturated heterocycles. The summed E-state index contributed by atoms with van der Waals surface area (Å²) < 4.78 is 27.9. The van der Waals surface area contributed by atoms with E-state index in [1.807, 2.05) is 6.92 Å². The van der Waals surface area contributed by atoms with E-state index in [0.717, 1.165) is 6.42 Å². The average Bonchev–Trinajstić information content (AvgIpc) is 2.43. The maximum Gasteiger partial charge on any atom is 0.238 e. The number of hydrogen-bond donors (Lipinski definition) is 2. The van der Waals surface area contributed by atoms with Crippen LogP contribution < -0.4 is 10.5 Å². The molecule has 0 spiro atoms. The lowest BCUT2D eigenvalue weighted by Crippen LogP contribution is -2.27. The molecule has 0 bridgehead atoms. The first-order chi connectivity index (χ1) is 9.84. The van der Waals surface area contributed by atoms with E-state index in [4.69, 9.17) is 9.88 Å². The van der Waals surface area contributed by atoms with Crippen LogP contribution in [-0.2, 0) is 19.6 Å². The van der Waals surface area contributed by atoms with Gasteiger partial charge < -0.3 is 10.1 Å². The van der Waals surface area contributed by atoms with Gasteiger partial charge in [0.2, 0.25) is 15.9 Å². The van der Waals surface area contributed by atoms with Gasteiger partial charge in [0, 0.05) is 13.0 Å². The van der Waals surface area contributed by atoms with E-state index < -0.39 is 10.0 Å². The molecule has 7 heteroatoms. The topological polar surface area (TPSA) is 98.5 Å². The Hall–Kier alpha value is -1.44. The highest BCUT2D eigenvalue weighted by atomic mass is 32.2. The molecule has 21 heavy (non-hydrogen) atoms. The second-order valence-electron chi connectivity index (χ2n) is 4.77. The highest BCUT2D eigenvalue weighted by molar-refractivity contribution is 7.89. The molecule has 118 valence electrons. The Balaban J connectivity index is 2.59. The van der Waals surface area contributed by atoms with E-state index in [2.05, 4.69) is 5.32 Å². The van der Waals surface area contributed by atoms with Crippen LogP contribution in [0.1, 0.15) is 38.3 Å². The first kappa shape index (κ1) is 17.6. The van der Waals surface area contributed by atoms with Gasteiger partial charge in [-0.3, -0.25) is 4.79 Å². The van der Waals surface area contributed by atoms with Crippen LogP contribution in [0.5, 0.6) is 0 Å². The highest BCUT2D eigenvalue weighted by Gasteiger charge is 2.13. The number of primary sulfonamides is 1. The number of rotatable bonds is 8. The summed E-state index contributed by atoms with van der Waals surface area (Å²) in [6, 6.07) is 5.93. The summed E-state index contributed by atoms with van der Waals surface area (Å²) in [4.78, 5) is 11.8. The zero-order valence-corrected chi connectivity index (χ0v) is 13.2. The van der Waals surface area contributed by atoms with Crippen molar-refractivity contribution in [3.63, 3.8) is 0 Å². The van der Waals surface area contributed by atoms with Crippen molar-refractivity contribution in [2.75, 3.05) is 13.2 Å². The van der Waals surface area contributed by atoms with Crippen LogP contribution in [0, 0.1) is 0 Å². The molecule has 0 aliphatic carbocycles. The van der Waals surface area contributed by atoms with Gasteiger partial charge in [-0.05, 0) is 31.0 Å². The molecule has 1 unspecified atom stereocenters. The van der Waals surface area contributed by atoms with Gasteiger partial charge in [0.15, 0.2) is 0 Å². The molecule has 1 aromatic carbocycles. The number of carbonyl (C=O) groups is 1. The molecule has 0 aromatic heterocycles. The van der Waals surface area contributed by atoms with Crippen LogP contribution in [0.2, 0.25) is 0 Å². The van der Waals surface area contributed by atoms with Crippen molar-refractivity contribution in [1.29, 1.82) is 0 Å². The minimum atomic E-state index is -3.74. The Labute approximate surface area is 125 Å². The second-order valence-corrected chi connectivity index (χ2v) is 6.33. The van der Waals surface area contributed by atoms with Gasteiger partial charge in [0.1, 0.15) is 0 Å². The van der Waals surface area contributed by atoms with E-state index in [1.165, 1.54) is 12.1 Å². The lowest BCUT2D eigenvalue weighted by atomic mass is 10.1. The van der Waals surface area contributed by atoms with Gasteiger partial charge in [-0.25, -0.2) is 13.6 Å². The number of ether oxygens (including phenoxy) is 1.